The summed E-state index contributed by atoms with van der Waals surface area (Å²) < 4.78 is 39.8. The minimum atomic E-state index is -3.09. The first kappa shape index (κ1) is 44.0. The van der Waals surface area contributed by atoms with Crippen LogP contribution < -0.4 is 15.7 Å². The van der Waals surface area contributed by atoms with E-state index in [-0.39, 0.29) is 29.6 Å². The minimum absolute atomic E-state index is 0.0304. The highest BCUT2D eigenvalue weighted by atomic mass is 28.4. The first-order chi connectivity index (χ1) is 27.2. The smallest absolute Gasteiger partial charge is 0.408 e. The molecule has 306 valence electrons. The van der Waals surface area contributed by atoms with E-state index in [2.05, 4.69) is 107 Å². The van der Waals surface area contributed by atoms with Gasteiger partial charge in [-0.25, -0.2) is 4.79 Å². The monoisotopic (exact) mass is 793 g/mol. The molecule has 0 aliphatic carbocycles. The highest BCUT2D eigenvalue weighted by molar-refractivity contribution is 6.99. The van der Waals surface area contributed by atoms with Gasteiger partial charge in [-0.05, 0) is 59.1 Å². The molecule has 0 bridgehead atoms. The van der Waals surface area contributed by atoms with Gasteiger partial charge in [-0.2, -0.15) is 0 Å². The van der Waals surface area contributed by atoms with E-state index >= 15 is 0 Å². The van der Waals surface area contributed by atoms with E-state index < -0.39 is 44.6 Å². The van der Waals surface area contributed by atoms with Crippen LogP contribution in [0.1, 0.15) is 66.5 Å². The molecule has 0 saturated carbocycles. The van der Waals surface area contributed by atoms with E-state index in [0.29, 0.717) is 19.8 Å². The molecule has 0 spiro atoms. The van der Waals surface area contributed by atoms with Crippen LogP contribution in [0.25, 0.3) is 0 Å². The van der Waals surface area contributed by atoms with Gasteiger partial charge < -0.3 is 33.4 Å². The van der Waals surface area contributed by atoms with Crippen molar-refractivity contribution < 1.29 is 32.9 Å². The molecule has 1 N–H and O–H groups in total. The van der Waals surface area contributed by atoms with Crippen LogP contribution in [0.5, 0.6) is 0 Å². The van der Waals surface area contributed by atoms with E-state index in [9.17, 15) is 4.79 Å². The van der Waals surface area contributed by atoms with Gasteiger partial charge in [-0.3, -0.25) is 0 Å². The molecule has 1 saturated heterocycles. The normalized spacial score (nSPS) is 21.3. The second-order valence-electron chi connectivity index (χ2n) is 17.1. The minimum Gasteiger partial charge on any atom is -0.444 e. The van der Waals surface area contributed by atoms with E-state index in [1.54, 1.807) is 6.08 Å². The van der Waals surface area contributed by atoms with E-state index in [1.807, 2.05) is 81.4 Å². The maximum Gasteiger partial charge on any atom is 0.408 e. The van der Waals surface area contributed by atoms with Crippen molar-refractivity contribution in [2.75, 3.05) is 13.2 Å². The summed E-state index contributed by atoms with van der Waals surface area (Å²) in [6.45, 7) is 22.1. The Morgan fingerprint density at radius 2 is 1.26 bits per heavy atom. The van der Waals surface area contributed by atoms with Gasteiger partial charge in [0.05, 0.1) is 44.7 Å². The van der Waals surface area contributed by atoms with Gasteiger partial charge >= 0.3 is 6.09 Å². The number of alkyl carbamates (subject to hydrolysis) is 1. The summed E-state index contributed by atoms with van der Waals surface area (Å²) in [6.07, 6.45) is -0.937. The number of carbonyl (C=O) groups is 1. The molecule has 8 nitrogen and oxygen atoms in total. The lowest BCUT2D eigenvalue weighted by Gasteiger charge is -2.46. The Bertz CT molecular complexity index is 1760. The Morgan fingerprint density at radius 3 is 1.75 bits per heavy atom. The topological polar surface area (TPSA) is 84.5 Å². The zero-order valence-corrected chi connectivity index (χ0v) is 36.1. The van der Waals surface area contributed by atoms with E-state index in [0.717, 1.165) is 21.5 Å². The Kier molecular flexibility index (Phi) is 15.5. The molecule has 1 aliphatic heterocycles. The number of benzene rings is 4. The summed E-state index contributed by atoms with van der Waals surface area (Å²) in [6, 6.07) is 40.3. The van der Waals surface area contributed by atoms with Crippen molar-refractivity contribution in [3.05, 3.63) is 145 Å². The second kappa shape index (κ2) is 20.1. The van der Waals surface area contributed by atoms with Crippen molar-refractivity contribution in [2.45, 2.75) is 110 Å². The predicted molar refractivity (Wildman–Crippen MR) is 230 cm³/mol. The standard InChI is InChI=1S/C48H63NO7Si/c1-10-42(56-57(48(7,8)9,39-27-19-13-20-28-39)40-29-21-14-22-30-40)41(49-46(50)55-47(4,5)6)33-53-45-44(52-32-38-25-17-12-18-26-38)36(3)35(2)43(54-45)34-51-31-37-23-15-11-16-24-37/h10-30,35-36,41-45H,1,31-34H2,2-9H3,(H,49,50)/t35-,36+,41+,42-,43?,44?,45-/m1/s1. The third kappa shape index (κ3) is 11.7. The summed E-state index contributed by atoms with van der Waals surface area (Å²) in [5, 5.41) is 5.01. The van der Waals surface area contributed by atoms with Crippen LogP contribution in [0.15, 0.2) is 134 Å². The zero-order valence-electron chi connectivity index (χ0n) is 35.1. The average molecular weight is 794 g/mol. The molecule has 1 amide bonds. The fourth-order valence-corrected chi connectivity index (χ4v) is 12.2. The molecule has 2 unspecified atom stereocenters. The Hall–Kier alpha value is -4.09. The Labute approximate surface area is 342 Å². The third-order valence-corrected chi connectivity index (χ3v) is 15.7. The van der Waals surface area contributed by atoms with Gasteiger partial charge in [0.2, 0.25) is 0 Å². The van der Waals surface area contributed by atoms with Gasteiger partial charge in [-0.15, -0.1) is 6.58 Å². The molecule has 4 aromatic carbocycles. The molecule has 4 aromatic rings. The number of ether oxygens (including phenoxy) is 5. The SMILES string of the molecule is C=C[C@@H](O[Si](c1ccccc1)(c1ccccc1)C(C)(C)C)[C@H](CO[C@@H]1OC(COCc2ccccc2)[C@H](C)[C@H](C)C1OCc1ccccc1)NC(=O)OC(C)(C)C. The zero-order chi connectivity index (χ0) is 41.1. The van der Waals surface area contributed by atoms with E-state index in [4.69, 9.17) is 28.1 Å². The average Bonchev–Trinajstić information content (AvgIpc) is 3.19. The third-order valence-electron chi connectivity index (χ3n) is 10.7. The lowest BCUT2D eigenvalue weighted by atomic mass is 9.83. The van der Waals surface area contributed by atoms with Crippen molar-refractivity contribution in [3.63, 3.8) is 0 Å². The Morgan fingerprint density at radius 1 is 0.754 bits per heavy atom. The van der Waals surface area contributed by atoms with Crippen LogP contribution in [0, 0.1) is 11.8 Å². The number of amides is 1. The van der Waals surface area contributed by atoms with Crippen LogP contribution in [-0.2, 0) is 41.3 Å². The number of hydrogen-bond donors (Lipinski definition) is 1. The molecule has 0 aromatic heterocycles. The number of nitrogens with one attached hydrogen (secondary N) is 1. The van der Waals surface area contributed by atoms with Gasteiger partial charge in [0.1, 0.15) is 11.7 Å². The van der Waals surface area contributed by atoms with Gasteiger partial charge in [0.15, 0.2) is 6.29 Å². The van der Waals surface area contributed by atoms with Crippen LogP contribution in [0.3, 0.4) is 0 Å². The van der Waals surface area contributed by atoms with Crippen LogP contribution >= 0.6 is 0 Å². The molecular formula is C48H63NO7Si. The maximum atomic E-state index is 13.6. The molecule has 9 heteroatoms. The van der Waals surface area contributed by atoms with E-state index in [1.165, 1.54) is 0 Å². The van der Waals surface area contributed by atoms with Crippen LogP contribution in [-0.4, -0.2) is 63.9 Å². The van der Waals surface area contributed by atoms with Gasteiger partial charge in [0, 0.05) is 0 Å². The molecular weight excluding hydrogens is 731 g/mol. The largest absolute Gasteiger partial charge is 0.444 e. The lowest BCUT2D eigenvalue weighted by molar-refractivity contribution is -0.291. The number of hydrogen-bond acceptors (Lipinski definition) is 7. The summed E-state index contributed by atoms with van der Waals surface area (Å²) in [5.41, 5.74) is 1.43. The quantitative estimate of drug-likeness (QED) is 0.0846. The summed E-state index contributed by atoms with van der Waals surface area (Å²) >= 11 is 0. The highest BCUT2D eigenvalue weighted by Gasteiger charge is 2.52. The lowest BCUT2D eigenvalue weighted by Crippen LogP contribution is -2.69. The second-order valence-corrected chi connectivity index (χ2v) is 21.3. The number of carbonyl (C=O) groups excluding carboxylic acids is 1. The fourth-order valence-electron chi connectivity index (χ4n) is 7.51. The highest BCUT2D eigenvalue weighted by Crippen LogP contribution is 2.39. The van der Waals surface area contributed by atoms with Gasteiger partial charge in [-0.1, -0.05) is 162 Å². The molecule has 1 heterocycles. The van der Waals surface area contributed by atoms with Crippen molar-refractivity contribution in [3.8, 4) is 0 Å². The molecule has 1 aliphatic rings. The predicted octanol–water partition coefficient (Wildman–Crippen LogP) is 8.83. The fraction of sp³-hybridized carbons (Fsp3) is 0.438. The summed E-state index contributed by atoms with van der Waals surface area (Å²) in [7, 11) is -3.09. The van der Waals surface area contributed by atoms with Crippen molar-refractivity contribution >= 4 is 24.8 Å². The van der Waals surface area contributed by atoms with Crippen LogP contribution in [0.2, 0.25) is 5.04 Å². The first-order valence-electron chi connectivity index (χ1n) is 20.2. The van der Waals surface area contributed by atoms with Crippen molar-refractivity contribution in [1.29, 1.82) is 0 Å². The van der Waals surface area contributed by atoms with Crippen LogP contribution in [0.4, 0.5) is 4.79 Å². The van der Waals surface area contributed by atoms with Gasteiger partial charge in [0.25, 0.3) is 8.32 Å². The molecule has 7 atom stereocenters. The summed E-state index contributed by atoms with van der Waals surface area (Å²) in [5.74, 6) is 0.162. The molecule has 5 rings (SSSR count). The maximum absolute atomic E-state index is 13.6. The first-order valence-corrected chi connectivity index (χ1v) is 22.1. The molecule has 57 heavy (non-hydrogen) atoms. The molecule has 1 fully saturated rings. The Balaban J connectivity index is 1.47. The number of rotatable bonds is 17. The summed E-state index contributed by atoms with van der Waals surface area (Å²) in [4.78, 5) is 13.6. The van der Waals surface area contributed by atoms with Crippen molar-refractivity contribution in [1.82, 2.24) is 5.32 Å². The van der Waals surface area contributed by atoms with Crippen molar-refractivity contribution in [2.24, 2.45) is 11.8 Å². The molecule has 0 radical (unpaired) electrons.